The van der Waals surface area contributed by atoms with Crippen LogP contribution in [0.15, 0.2) is 48.5 Å². The number of carbonyl (C=O) groups is 3. The average molecular weight is 726 g/mol. The van der Waals surface area contributed by atoms with Gasteiger partial charge in [0.05, 0.1) is 32.8 Å². The lowest BCUT2D eigenvalue weighted by Crippen LogP contribution is -2.30. The van der Waals surface area contributed by atoms with E-state index in [0.29, 0.717) is 6.07 Å². The Hall–Kier alpha value is -2.97. The fourth-order valence-electron chi connectivity index (χ4n) is 4.16. The Bertz CT molecular complexity index is 1680. The molecule has 18 heteroatoms. The second kappa shape index (κ2) is 12.1. The highest BCUT2D eigenvalue weighted by molar-refractivity contribution is 6.53. The molecule has 3 amide bonds. The maximum absolute atomic E-state index is 14.8. The molecule has 1 aliphatic carbocycles. The molecule has 0 bridgehead atoms. The Morgan fingerprint density at radius 3 is 2.07 bits per heavy atom. The normalized spacial score (nSPS) is 17.5. The van der Waals surface area contributed by atoms with Gasteiger partial charge >= 0.3 is 17.5 Å². The van der Waals surface area contributed by atoms with Crippen molar-refractivity contribution in [2.75, 3.05) is 16.0 Å². The largest absolute Gasteiger partial charge is 0.417 e. The topological polar surface area (TPSA) is 87.3 Å². The van der Waals surface area contributed by atoms with Gasteiger partial charge in [0, 0.05) is 11.6 Å². The van der Waals surface area contributed by atoms with Crippen LogP contribution in [-0.2, 0) is 15.8 Å². The summed E-state index contributed by atoms with van der Waals surface area (Å²) < 4.78 is 93.0. The molecule has 3 aromatic carbocycles. The summed E-state index contributed by atoms with van der Waals surface area (Å²) >= 11 is 28.7. The molecular formula is C26H13Cl5F7N3O3. The van der Waals surface area contributed by atoms with Crippen LogP contribution in [0.3, 0.4) is 0 Å². The molecule has 3 aromatic rings. The second-order valence-electron chi connectivity index (χ2n) is 9.24. The number of rotatable bonds is 7. The Kier molecular flexibility index (Phi) is 9.32. The summed E-state index contributed by atoms with van der Waals surface area (Å²) in [6.07, 6.45) is -4.79. The molecule has 0 spiro atoms. The van der Waals surface area contributed by atoms with Crippen LogP contribution in [0, 0.1) is 17.6 Å². The lowest BCUT2D eigenvalue weighted by atomic mass is 10.0. The van der Waals surface area contributed by atoms with Gasteiger partial charge in [-0.15, -0.1) is 23.2 Å². The molecule has 0 heterocycles. The minimum atomic E-state index is -4.79. The van der Waals surface area contributed by atoms with Gasteiger partial charge in [-0.1, -0.05) is 29.3 Å². The van der Waals surface area contributed by atoms with E-state index in [9.17, 15) is 45.1 Å². The molecule has 234 valence electrons. The predicted octanol–water partition coefficient (Wildman–Crippen LogP) is 8.84. The number of alkyl halides is 8. The summed E-state index contributed by atoms with van der Waals surface area (Å²) in [5.74, 6) is -9.58. The molecule has 1 fully saturated rings. The van der Waals surface area contributed by atoms with E-state index >= 15 is 0 Å². The lowest BCUT2D eigenvalue weighted by molar-refractivity contribution is -0.137. The number of carbonyl (C=O) groups excluding carboxylic acids is 3. The first kappa shape index (κ1) is 33.9. The molecular weight excluding hydrogens is 713 g/mol. The molecule has 1 unspecified atom stereocenters. The van der Waals surface area contributed by atoms with E-state index in [-0.39, 0.29) is 21.8 Å². The van der Waals surface area contributed by atoms with Crippen molar-refractivity contribution >= 4 is 92.8 Å². The zero-order valence-electron chi connectivity index (χ0n) is 21.0. The third-order valence-corrected chi connectivity index (χ3v) is 8.08. The zero-order chi connectivity index (χ0) is 32.9. The number of amides is 3. The molecule has 0 aliphatic heterocycles. The van der Waals surface area contributed by atoms with Crippen LogP contribution < -0.4 is 16.0 Å². The van der Waals surface area contributed by atoms with Gasteiger partial charge in [0.2, 0.25) is 5.91 Å². The van der Waals surface area contributed by atoms with Crippen LogP contribution in [0.2, 0.25) is 10.0 Å². The van der Waals surface area contributed by atoms with Crippen molar-refractivity contribution in [2.45, 2.75) is 21.8 Å². The SMILES string of the molecule is O=C(Nc1ccc(F)c(NC(=O)C(F)(F)Cl)c1F)c1cc(NC(=O)C2[C@H](c3ccc(Cl)c(C(F)(F)F)c3)C2(Cl)Cl)ccc1Cl. The maximum atomic E-state index is 14.8. The van der Waals surface area contributed by atoms with Crippen molar-refractivity contribution in [3.63, 3.8) is 0 Å². The van der Waals surface area contributed by atoms with E-state index in [1.54, 1.807) is 0 Å². The first-order chi connectivity index (χ1) is 20.2. The summed E-state index contributed by atoms with van der Waals surface area (Å²) in [6.45, 7) is 0. The average Bonchev–Trinajstić information content (AvgIpc) is 3.49. The Morgan fingerprint density at radius 2 is 1.45 bits per heavy atom. The monoisotopic (exact) mass is 723 g/mol. The van der Waals surface area contributed by atoms with Gasteiger partial charge in [0.25, 0.3) is 5.91 Å². The Morgan fingerprint density at radius 1 is 0.818 bits per heavy atom. The number of halogens is 12. The molecule has 6 nitrogen and oxygen atoms in total. The number of hydrogen-bond donors (Lipinski definition) is 3. The van der Waals surface area contributed by atoms with Crippen molar-refractivity contribution in [3.05, 3.63) is 86.9 Å². The van der Waals surface area contributed by atoms with Gasteiger partial charge in [-0.25, -0.2) is 8.78 Å². The summed E-state index contributed by atoms with van der Waals surface area (Å²) in [6, 6.07) is 7.72. The third-order valence-electron chi connectivity index (χ3n) is 6.30. The standard InChI is InChI=1S/C26H13Cl5F7N3O3/c27-13-4-2-10(39-22(43)18-17(24(18,29)30)9-1-3-14(28)12(7-9)26(36,37)38)8-11(13)21(42)40-16-6-5-15(32)20(19(16)33)41-23(44)25(31,34)35/h1-8,17-18H,(H,39,43)(H,40,42)(H,41,44)/t17-,18?/m0/s1. The Labute approximate surface area is 267 Å². The van der Waals surface area contributed by atoms with Gasteiger partial charge in [-0.2, -0.15) is 22.0 Å². The molecule has 44 heavy (non-hydrogen) atoms. The highest BCUT2D eigenvalue weighted by atomic mass is 35.5. The van der Waals surface area contributed by atoms with E-state index in [1.807, 2.05) is 5.32 Å². The van der Waals surface area contributed by atoms with E-state index < -0.39 is 79.0 Å². The van der Waals surface area contributed by atoms with Crippen LogP contribution in [-0.4, -0.2) is 27.4 Å². The van der Waals surface area contributed by atoms with Gasteiger partial charge in [0.15, 0.2) is 5.82 Å². The molecule has 1 saturated carbocycles. The highest BCUT2D eigenvalue weighted by Crippen LogP contribution is 2.65. The van der Waals surface area contributed by atoms with Gasteiger partial charge in [-0.05, 0) is 59.6 Å². The van der Waals surface area contributed by atoms with Crippen LogP contribution in [0.5, 0.6) is 0 Å². The molecule has 3 N–H and O–H groups in total. The van der Waals surface area contributed by atoms with Crippen molar-refractivity contribution in [1.82, 2.24) is 0 Å². The second-order valence-corrected chi connectivity index (χ2v) is 12.0. The van der Waals surface area contributed by atoms with Crippen molar-refractivity contribution in [3.8, 4) is 0 Å². The zero-order valence-corrected chi connectivity index (χ0v) is 24.8. The van der Waals surface area contributed by atoms with Crippen molar-refractivity contribution in [1.29, 1.82) is 0 Å². The summed E-state index contributed by atoms with van der Waals surface area (Å²) in [4.78, 5) is 37.3. The number of anilines is 3. The van der Waals surface area contributed by atoms with Gasteiger partial charge in [0.1, 0.15) is 15.8 Å². The third kappa shape index (κ3) is 6.96. The number of hydrogen-bond acceptors (Lipinski definition) is 3. The quantitative estimate of drug-likeness (QED) is 0.168. The van der Waals surface area contributed by atoms with Gasteiger partial charge in [-0.3, -0.25) is 14.4 Å². The summed E-state index contributed by atoms with van der Waals surface area (Å²) in [5.41, 5.74) is -3.67. The minimum Gasteiger partial charge on any atom is -0.326 e. The van der Waals surface area contributed by atoms with Crippen molar-refractivity contribution in [2.24, 2.45) is 5.92 Å². The summed E-state index contributed by atoms with van der Waals surface area (Å²) in [7, 11) is 0. The predicted molar refractivity (Wildman–Crippen MR) is 151 cm³/mol. The molecule has 0 saturated heterocycles. The van der Waals surface area contributed by atoms with E-state index in [2.05, 4.69) is 16.9 Å². The molecule has 0 radical (unpaired) electrons. The Balaban J connectivity index is 1.53. The first-order valence-corrected chi connectivity index (χ1v) is 13.6. The smallest absolute Gasteiger partial charge is 0.326 e. The van der Waals surface area contributed by atoms with Crippen LogP contribution in [0.1, 0.15) is 27.4 Å². The van der Waals surface area contributed by atoms with E-state index in [4.69, 9.17) is 46.4 Å². The molecule has 1 aliphatic rings. The van der Waals surface area contributed by atoms with Crippen LogP contribution in [0.4, 0.5) is 47.8 Å². The number of nitrogens with one attached hydrogen (secondary N) is 3. The molecule has 2 atom stereocenters. The van der Waals surface area contributed by atoms with Crippen LogP contribution in [0.25, 0.3) is 0 Å². The first-order valence-electron chi connectivity index (χ1n) is 11.8. The minimum absolute atomic E-state index is 0.00491. The van der Waals surface area contributed by atoms with E-state index in [1.165, 1.54) is 17.4 Å². The lowest BCUT2D eigenvalue weighted by Gasteiger charge is -2.14. The highest BCUT2D eigenvalue weighted by Gasteiger charge is 2.67. The van der Waals surface area contributed by atoms with Crippen molar-refractivity contribution < 1.29 is 45.1 Å². The molecule has 0 aromatic heterocycles. The number of benzene rings is 3. The van der Waals surface area contributed by atoms with Crippen LogP contribution >= 0.6 is 58.0 Å². The maximum Gasteiger partial charge on any atom is 0.417 e. The summed E-state index contributed by atoms with van der Waals surface area (Å²) in [5, 5.41) is 0.456. The van der Waals surface area contributed by atoms with E-state index in [0.717, 1.165) is 30.3 Å². The fourth-order valence-corrected chi connectivity index (χ4v) is 5.46. The molecule has 4 rings (SSSR count). The van der Waals surface area contributed by atoms with Gasteiger partial charge < -0.3 is 16.0 Å². The fraction of sp³-hybridized carbons (Fsp3) is 0.192.